The summed E-state index contributed by atoms with van der Waals surface area (Å²) in [6.07, 6.45) is 0. The first-order valence-electron chi connectivity index (χ1n) is 0.707. The van der Waals surface area contributed by atoms with Crippen molar-refractivity contribution in [2.75, 3.05) is 0 Å². The third kappa shape index (κ3) is 217. The summed E-state index contributed by atoms with van der Waals surface area (Å²) < 4.78 is 0. The summed E-state index contributed by atoms with van der Waals surface area (Å²) >= 11 is 0. The zero-order valence-electron chi connectivity index (χ0n) is 5.62. The number of hydrogen-bond donors (Lipinski definition) is 0. The Hall–Kier alpha value is 1.60. The molecule has 0 bridgehead atoms. The zero-order chi connectivity index (χ0) is 3.58. The van der Waals surface area contributed by atoms with Gasteiger partial charge in [-0.3, -0.25) is 16.7 Å². The first-order chi connectivity index (χ1) is 1.73. The van der Waals surface area contributed by atoms with Gasteiger partial charge in [-0.1, -0.05) is 0 Å². The molecule has 0 aliphatic heterocycles. The Labute approximate surface area is 88.0 Å². The maximum Gasteiger partial charge on any atom is 1.00 e. The third-order valence-corrected chi connectivity index (χ3v) is 0. The zero-order valence-corrected chi connectivity index (χ0v) is 5.62. The van der Waals surface area contributed by atoms with Gasteiger partial charge in [-0.05, 0) is 0 Å². The molecule has 0 fully saturated rings. The van der Waals surface area contributed by atoms with E-state index in [9.17, 15) is 0 Å². The molecule has 0 amide bonds. The van der Waals surface area contributed by atoms with Gasteiger partial charge in [-0.2, -0.15) is 0 Å². The van der Waals surface area contributed by atoms with E-state index in [4.69, 9.17) is 15.1 Å². The van der Waals surface area contributed by atoms with Crippen molar-refractivity contribution in [3.63, 3.8) is 0 Å². The predicted molar refractivity (Wildman–Crippen MR) is 10.8 cm³/mol. The van der Waals surface area contributed by atoms with E-state index in [0.717, 1.165) is 0 Å². The van der Waals surface area contributed by atoms with Gasteiger partial charge in [0.15, 0.2) is 0 Å². The normalized spacial score (nSPS) is 3.00. The second kappa shape index (κ2) is 33.6. The van der Waals surface area contributed by atoms with Crippen molar-refractivity contribution >= 4 is 7.32 Å². The Morgan fingerprint density at radius 2 is 0.667 bits per heavy atom. The Balaban J connectivity index is -0.00000000450. The Morgan fingerprint density at radius 1 is 0.667 bits per heavy atom. The molecule has 0 aromatic rings. The van der Waals surface area contributed by atoms with E-state index in [1.807, 2.05) is 0 Å². The van der Waals surface area contributed by atoms with Crippen molar-refractivity contribution in [3.05, 3.63) is 0 Å². The summed E-state index contributed by atoms with van der Waals surface area (Å²) in [6.45, 7) is 0. The molecule has 0 unspecified atom stereocenters. The van der Waals surface area contributed by atoms with Crippen LogP contribution >= 0.6 is 0 Å². The topological polar surface area (TPSA) is 69.2 Å². The van der Waals surface area contributed by atoms with E-state index in [1.54, 1.807) is 0 Å². The predicted octanol–water partition coefficient (Wildman–Crippen LogP) is -12.6. The summed E-state index contributed by atoms with van der Waals surface area (Å²) in [5, 5.41) is 25.2. The van der Waals surface area contributed by atoms with Crippen LogP contribution < -0.4 is 71.7 Å². The maximum absolute atomic E-state index is 8.42. The first-order valence-corrected chi connectivity index (χ1v) is 0.707. The quantitative estimate of drug-likeness (QED) is 0.298. The van der Waals surface area contributed by atoms with Crippen LogP contribution in [0.2, 0.25) is 0 Å². The summed E-state index contributed by atoms with van der Waals surface area (Å²) in [5.74, 6) is 0. The second-order valence-corrected chi connectivity index (χ2v) is 0.289. The maximum atomic E-state index is 8.42. The fourth-order valence-electron chi connectivity index (χ4n) is 0. The van der Waals surface area contributed by atoms with E-state index in [-0.39, 0.29) is 66.0 Å². The molecule has 9 heteroatoms. The van der Waals surface area contributed by atoms with Crippen molar-refractivity contribution in [2.45, 2.75) is 0 Å². The van der Waals surface area contributed by atoms with Gasteiger partial charge in [-0.15, -0.1) is 0 Å². The van der Waals surface area contributed by atoms with E-state index in [0.29, 0.717) is 0 Å². The minimum Gasteiger partial charge on any atom is -0.907 e. The Kier molecular flexibility index (Phi) is 172. The molecule has 0 spiro atoms. The van der Waals surface area contributed by atoms with Crippen LogP contribution in [-0.2, 0) is 0 Å². The van der Waals surface area contributed by atoms with Gasteiger partial charge in [0, 0.05) is 0 Å². The number of halogens is 2. The van der Waals surface area contributed by atoms with Crippen LogP contribution in [-0.4, -0.2) is 7.32 Å². The van der Waals surface area contributed by atoms with Crippen LogP contribution in [0.4, 0.5) is 9.41 Å². The largest absolute Gasteiger partial charge is 1.00 e. The molecule has 0 N–H and O–H groups in total. The average molecular weight is 120 g/mol. The van der Waals surface area contributed by atoms with E-state index < -0.39 is 7.32 Å². The molecule has 0 radical (unpaired) electrons. The van der Waals surface area contributed by atoms with Gasteiger partial charge in [0.05, 0.1) is 0 Å². The molecule has 0 aromatic carbocycles. The molecule has 9 heavy (non-hydrogen) atoms. The van der Waals surface area contributed by atoms with E-state index >= 15 is 0 Å². The first kappa shape index (κ1) is 46.2. The number of rotatable bonds is 0. The van der Waals surface area contributed by atoms with Crippen molar-refractivity contribution in [3.8, 4) is 0 Å². The minimum atomic E-state index is -2.92. The van der Waals surface area contributed by atoms with Crippen molar-refractivity contribution in [2.24, 2.45) is 0 Å². The van der Waals surface area contributed by atoms with Crippen LogP contribution in [0.1, 0.15) is 0 Å². The minimum absolute atomic E-state index is 0. The van der Waals surface area contributed by atoms with Gasteiger partial charge in [0.1, 0.15) is 0 Å². The van der Waals surface area contributed by atoms with Crippen LogP contribution in [0, 0.1) is 0 Å². The van der Waals surface area contributed by atoms with Crippen LogP contribution in [0.25, 0.3) is 0 Å². The summed E-state index contributed by atoms with van der Waals surface area (Å²) in [4.78, 5) is 0. The fourth-order valence-corrected chi connectivity index (χ4v) is 0. The molecule has 3 nitrogen and oxygen atoms in total. The molecule has 0 saturated heterocycles. The third-order valence-electron chi connectivity index (χ3n) is 0. The fraction of sp³-hybridized carbons (Fsp3) is 0. The average Bonchev–Trinajstić information content (AvgIpc) is 0.811. The molecular weight excluding hydrogens is 118 g/mol. The number of hydrogen-bond acceptors (Lipinski definition) is 3. The Bertz CT molecular complexity index is 21.8. The molecule has 0 heterocycles. The molecular formula is H2BF2Li3O3. The van der Waals surface area contributed by atoms with E-state index in [2.05, 4.69) is 0 Å². The van der Waals surface area contributed by atoms with Gasteiger partial charge in [0.25, 0.3) is 0 Å². The molecule has 0 rings (SSSR count). The molecule has 0 aliphatic carbocycles. The van der Waals surface area contributed by atoms with Gasteiger partial charge in [0.2, 0.25) is 0 Å². The summed E-state index contributed by atoms with van der Waals surface area (Å²) in [5.41, 5.74) is 0. The summed E-state index contributed by atoms with van der Waals surface area (Å²) in [7, 11) is -2.92. The molecule has 0 aromatic heterocycles. The molecule has 0 saturated carbocycles. The molecule has 40 valence electrons. The monoisotopic (exact) mass is 120 g/mol. The Morgan fingerprint density at radius 3 is 0.667 bits per heavy atom. The molecule has 0 atom stereocenters. The summed E-state index contributed by atoms with van der Waals surface area (Å²) in [6, 6.07) is 0. The van der Waals surface area contributed by atoms with Crippen LogP contribution in [0.3, 0.4) is 0 Å². The van der Waals surface area contributed by atoms with Gasteiger partial charge >= 0.3 is 56.6 Å². The van der Waals surface area contributed by atoms with Gasteiger partial charge < -0.3 is 15.1 Å². The van der Waals surface area contributed by atoms with Crippen molar-refractivity contribution < 1.29 is 81.1 Å². The van der Waals surface area contributed by atoms with Crippen molar-refractivity contribution in [1.29, 1.82) is 0 Å². The van der Waals surface area contributed by atoms with Crippen molar-refractivity contribution in [1.82, 2.24) is 0 Å². The van der Waals surface area contributed by atoms with Crippen LogP contribution in [0.15, 0.2) is 0 Å². The molecule has 0 aliphatic rings. The smallest absolute Gasteiger partial charge is 0.907 e. The second-order valence-electron chi connectivity index (χ2n) is 0.289. The van der Waals surface area contributed by atoms with Crippen LogP contribution in [0.5, 0.6) is 0 Å². The SMILES string of the molecule is F.F.[Li+].[Li+].[Li+].[O-]B([O-])[O-]. The van der Waals surface area contributed by atoms with Gasteiger partial charge in [-0.25, -0.2) is 0 Å². The standard InChI is InChI=1S/BO3.2FH.3Li/c2-1(3)4;;;;;/h;2*1H;;;/q-3;;;3*+1. The van der Waals surface area contributed by atoms with E-state index in [1.165, 1.54) is 0 Å².